The fourth-order valence-electron chi connectivity index (χ4n) is 2.01. The Balaban J connectivity index is 2.34. The molecule has 4 heteroatoms. The van der Waals surface area contributed by atoms with Crippen molar-refractivity contribution >= 4 is 11.7 Å². The molecule has 0 saturated heterocycles. The molecule has 3 rings (SSSR count). The van der Waals surface area contributed by atoms with E-state index in [2.05, 4.69) is 28.6 Å². The van der Waals surface area contributed by atoms with Crippen LogP contribution in [-0.2, 0) is 0 Å². The predicted molar refractivity (Wildman–Crippen MR) is 71.0 cm³/mol. The lowest BCUT2D eigenvalue weighted by atomic mass is 10.1. The average molecular weight is 236 g/mol. The molecule has 4 nitrogen and oxygen atoms in total. The molecule has 0 N–H and O–H groups in total. The van der Waals surface area contributed by atoms with Gasteiger partial charge in [-0.3, -0.25) is 4.98 Å². The quantitative estimate of drug-likeness (QED) is 0.687. The van der Waals surface area contributed by atoms with E-state index < -0.39 is 0 Å². The summed E-state index contributed by atoms with van der Waals surface area (Å²) < 4.78 is 1.79. The highest BCUT2D eigenvalue weighted by atomic mass is 15.2. The molecule has 0 bridgehead atoms. The molecule has 0 aliphatic heterocycles. The van der Waals surface area contributed by atoms with Crippen molar-refractivity contribution in [1.29, 1.82) is 0 Å². The first-order valence-electron chi connectivity index (χ1n) is 5.67. The number of imidazole rings is 1. The summed E-state index contributed by atoms with van der Waals surface area (Å²) in [6.45, 7) is 5.82. The number of pyridine rings is 1. The van der Waals surface area contributed by atoms with Crippen molar-refractivity contribution in [3.05, 3.63) is 54.8 Å². The molecule has 18 heavy (non-hydrogen) atoms. The molecular formula is C14H12N4. The number of hydrogen-bond acceptors (Lipinski definition) is 3. The third kappa shape index (κ3) is 1.50. The van der Waals surface area contributed by atoms with Gasteiger partial charge in [-0.2, -0.15) is 5.10 Å². The zero-order valence-corrected chi connectivity index (χ0v) is 10.0. The Morgan fingerprint density at radius 1 is 1.17 bits per heavy atom. The summed E-state index contributed by atoms with van der Waals surface area (Å²) in [5, 5.41) is 4.29. The highest BCUT2D eigenvalue weighted by molar-refractivity contribution is 5.79. The first kappa shape index (κ1) is 10.7. The van der Waals surface area contributed by atoms with Crippen LogP contribution in [-0.4, -0.2) is 19.6 Å². The molecule has 88 valence electrons. The smallest absolute Gasteiger partial charge is 0.162 e. The monoisotopic (exact) mass is 236 g/mol. The molecular weight excluding hydrogens is 224 g/mol. The highest BCUT2D eigenvalue weighted by Gasteiger charge is 2.10. The summed E-state index contributed by atoms with van der Waals surface area (Å²) in [6.07, 6.45) is 8.92. The summed E-state index contributed by atoms with van der Waals surface area (Å²) in [4.78, 5) is 8.59. The van der Waals surface area contributed by atoms with E-state index in [0.29, 0.717) is 0 Å². The molecule has 0 aliphatic rings. The van der Waals surface area contributed by atoms with E-state index in [0.717, 1.165) is 22.5 Å². The molecule has 0 saturated carbocycles. The van der Waals surface area contributed by atoms with Crippen LogP contribution >= 0.6 is 0 Å². The Morgan fingerprint density at radius 3 is 2.83 bits per heavy atom. The van der Waals surface area contributed by atoms with Gasteiger partial charge in [0.05, 0.1) is 11.9 Å². The van der Waals surface area contributed by atoms with Crippen molar-refractivity contribution in [2.75, 3.05) is 0 Å². The third-order valence-electron chi connectivity index (χ3n) is 2.97. The minimum atomic E-state index is 0.823. The van der Waals surface area contributed by atoms with Crippen molar-refractivity contribution in [2.24, 2.45) is 0 Å². The standard InChI is InChI=1S/C14H12N4/c1-3-11-8-16-14-12(5-7-17-18(11)14)13-9-15-6-4-10(13)2/h3-9H,1H2,2H3. The van der Waals surface area contributed by atoms with Crippen LogP contribution in [0.5, 0.6) is 0 Å². The van der Waals surface area contributed by atoms with Gasteiger partial charge in [0.2, 0.25) is 0 Å². The predicted octanol–water partition coefficient (Wildman–Crippen LogP) is 2.74. The zero-order valence-electron chi connectivity index (χ0n) is 10.0. The van der Waals surface area contributed by atoms with E-state index in [4.69, 9.17) is 0 Å². The maximum Gasteiger partial charge on any atom is 0.162 e. The second-order valence-corrected chi connectivity index (χ2v) is 4.06. The number of rotatable bonds is 2. The van der Waals surface area contributed by atoms with E-state index in [1.54, 1.807) is 29.2 Å². The Morgan fingerprint density at radius 2 is 2.06 bits per heavy atom. The number of aryl methyl sites for hydroxylation is 1. The molecule has 0 atom stereocenters. The maximum atomic E-state index is 4.41. The molecule has 0 aliphatic carbocycles. The Hall–Kier alpha value is -2.49. The average Bonchev–Trinajstić information content (AvgIpc) is 2.82. The molecule has 0 amide bonds. The van der Waals surface area contributed by atoms with Gasteiger partial charge < -0.3 is 0 Å². The molecule has 0 radical (unpaired) electrons. The van der Waals surface area contributed by atoms with Gasteiger partial charge >= 0.3 is 0 Å². The molecule has 0 aromatic carbocycles. The van der Waals surface area contributed by atoms with Crippen molar-refractivity contribution in [3.63, 3.8) is 0 Å². The fraction of sp³-hybridized carbons (Fsp3) is 0.0714. The summed E-state index contributed by atoms with van der Waals surface area (Å²) in [6, 6.07) is 3.95. The van der Waals surface area contributed by atoms with Gasteiger partial charge in [-0.1, -0.05) is 6.58 Å². The van der Waals surface area contributed by atoms with Crippen molar-refractivity contribution in [1.82, 2.24) is 19.6 Å². The largest absolute Gasteiger partial charge is 0.264 e. The lowest BCUT2D eigenvalue weighted by molar-refractivity contribution is 0.927. The normalized spacial score (nSPS) is 10.7. The molecule has 3 aromatic heterocycles. The lowest BCUT2D eigenvalue weighted by Crippen LogP contribution is -1.96. The molecule has 0 unspecified atom stereocenters. The first-order valence-corrected chi connectivity index (χ1v) is 5.67. The number of nitrogens with zero attached hydrogens (tertiary/aromatic N) is 4. The van der Waals surface area contributed by atoms with Gasteiger partial charge in [0.25, 0.3) is 0 Å². The van der Waals surface area contributed by atoms with Crippen molar-refractivity contribution < 1.29 is 0 Å². The van der Waals surface area contributed by atoms with Crippen LogP contribution in [0.25, 0.3) is 22.9 Å². The lowest BCUT2D eigenvalue weighted by Gasteiger charge is -2.06. The minimum absolute atomic E-state index is 0.823. The van der Waals surface area contributed by atoms with Crippen molar-refractivity contribution in [2.45, 2.75) is 6.92 Å². The second kappa shape index (κ2) is 4.07. The maximum absolute atomic E-state index is 4.41. The molecule has 0 fully saturated rings. The van der Waals surface area contributed by atoms with Crippen LogP contribution in [0.4, 0.5) is 0 Å². The summed E-state index contributed by atoms with van der Waals surface area (Å²) in [5.74, 6) is 0. The zero-order chi connectivity index (χ0) is 12.5. The van der Waals surface area contributed by atoms with Crippen LogP contribution in [0.3, 0.4) is 0 Å². The SMILES string of the molecule is C=Cc1cnc2c(-c3cnccc3C)ccnn12. The van der Waals surface area contributed by atoms with Crippen LogP contribution in [0, 0.1) is 6.92 Å². The van der Waals surface area contributed by atoms with Crippen molar-refractivity contribution in [3.8, 4) is 11.1 Å². The van der Waals surface area contributed by atoms with Gasteiger partial charge in [-0.05, 0) is 30.7 Å². The van der Waals surface area contributed by atoms with E-state index in [9.17, 15) is 0 Å². The van der Waals surface area contributed by atoms with Crippen LogP contribution in [0.15, 0.2) is 43.5 Å². The molecule has 3 heterocycles. The number of aromatic nitrogens is 4. The Bertz CT molecular complexity index is 727. The van der Waals surface area contributed by atoms with Crippen LogP contribution in [0.1, 0.15) is 11.3 Å². The first-order chi connectivity index (χ1) is 8.81. The fourth-order valence-corrected chi connectivity index (χ4v) is 2.01. The van der Waals surface area contributed by atoms with Crippen LogP contribution in [0.2, 0.25) is 0 Å². The summed E-state index contributed by atoms with van der Waals surface area (Å²) in [7, 11) is 0. The van der Waals surface area contributed by atoms with E-state index in [1.807, 2.05) is 18.3 Å². The van der Waals surface area contributed by atoms with Gasteiger partial charge in [-0.25, -0.2) is 9.50 Å². The Kier molecular flexibility index (Phi) is 2.41. The van der Waals surface area contributed by atoms with E-state index >= 15 is 0 Å². The van der Waals surface area contributed by atoms with Crippen LogP contribution < -0.4 is 0 Å². The van der Waals surface area contributed by atoms with Gasteiger partial charge in [0, 0.05) is 29.7 Å². The summed E-state index contributed by atoms with van der Waals surface area (Å²) >= 11 is 0. The second-order valence-electron chi connectivity index (χ2n) is 4.06. The number of hydrogen-bond donors (Lipinski definition) is 0. The molecule has 0 spiro atoms. The minimum Gasteiger partial charge on any atom is -0.264 e. The topological polar surface area (TPSA) is 43.1 Å². The third-order valence-corrected chi connectivity index (χ3v) is 2.97. The van der Waals surface area contributed by atoms with E-state index in [1.165, 1.54) is 5.56 Å². The highest BCUT2D eigenvalue weighted by Crippen LogP contribution is 2.25. The van der Waals surface area contributed by atoms with Gasteiger partial charge in [0.15, 0.2) is 5.65 Å². The van der Waals surface area contributed by atoms with Gasteiger partial charge in [-0.15, -0.1) is 0 Å². The number of fused-ring (bicyclic) bond motifs is 1. The molecule has 3 aromatic rings. The van der Waals surface area contributed by atoms with Gasteiger partial charge in [0.1, 0.15) is 0 Å². The van der Waals surface area contributed by atoms with E-state index in [-0.39, 0.29) is 0 Å². The summed E-state index contributed by atoms with van der Waals surface area (Å²) in [5.41, 5.74) is 4.98. The Labute approximate surface area is 105 Å².